The molecule has 9 heteroatoms. The van der Waals surface area contributed by atoms with Crippen LogP contribution in [0.5, 0.6) is 0 Å². The second kappa shape index (κ2) is 9.83. The lowest BCUT2D eigenvalue weighted by molar-refractivity contribution is 0.0950. The molecular weight excluding hydrogens is 500 g/mol. The minimum absolute atomic E-state index is 0.0542. The first-order chi connectivity index (χ1) is 18.3. The van der Waals surface area contributed by atoms with Crippen molar-refractivity contribution in [3.63, 3.8) is 0 Å². The molecule has 1 aromatic carbocycles. The molecule has 1 amide bonds. The van der Waals surface area contributed by atoms with E-state index in [-0.39, 0.29) is 28.2 Å². The Bertz CT molecular complexity index is 1300. The highest BCUT2D eigenvalue weighted by molar-refractivity contribution is 7.92. The molecule has 204 valence electrons. The summed E-state index contributed by atoms with van der Waals surface area (Å²) in [5.74, 6) is 1.00. The van der Waals surface area contributed by atoms with Crippen LogP contribution in [0.15, 0.2) is 41.3 Å². The van der Waals surface area contributed by atoms with Gasteiger partial charge in [-0.15, -0.1) is 0 Å². The van der Waals surface area contributed by atoms with Crippen molar-refractivity contribution in [3.8, 4) is 0 Å². The summed E-state index contributed by atoms with van der Waals surface area (Å²) in [6.07, 6.45) is 11.2. The van der Waals surface area contributed by atoms with Gasteiger partial charge in [-0.3, -0.25) is 4.79 Å². The van der Waals surface area contributed by atoms with Crippen molar-refractivity contribution in [2.75, 3.05) is 35.2 Å². The van der Waals surface area contributed by atoms with Gasteiger partial charge in [0.05, 0.1) is 27.9 Å². The molecule has 8 nitrogen and oxygen atoms in total. The number of nitrogens with one attached hydrogen (secondary N) is 2. The maximum atomic E-state index is 13.6. The third kappa shape index (κ3) is 4.91. The summed E-state index contributed by atoms with van der Waals surface area (Å²) in [7, 11) is -3.42. The van der Waals surface area contributed by atoms with Crippen LogP contribution >= 0.6 is 0 Å². The van der Waals surface area contributed by atoms with E-state index in [1.54, 1.807) is 36.4 Å². The number of pyridine rings is 1. The molecule has 2 aromatic rings. The van der Waals surface area contributed by atoms with Crippen molar-refractivity contribution >= 4 is 33.1 Å². The second-order valence-electron chi connectivity index (χ2n) is 11.9. The van der Waals surface area contributed by atoms with Gasteiger partial charge in [0.25, 0.3) is 5.91 Å². The molecule has 1 aliphatic heterocycles. The number of nitrogens with zero attached hydrogens (tertiary/aromatic N) is 2. The van der Waals surface area contributed by atoms with Gasteiger partial charge in [0.2, 0.25) is 0 Å². The van der Waals surface area contributed by atoms with Crippen LogP contribution in [0.4, 0.5) is 17.3 Å². The van der Waals surface area contributed by atoms with Crippen LogP contribution in [0.25, 0.3) is 0 Å². The van der Waals surface area contributed by atoms with E-state index in [1.165, 1.54) is 19.3 Å². The highest BCUT2D eigenvalue weighted by Gasteiger charge is 2.43. The number of amides is 1. The maximum Gasteiger partial charge on any atom is 0.259 e. The van der Waals surface area contributed by atoms with Crippen LogP contribution in [0.1, 0.15) is 81.0 Å². The molecule has 4 aliphatic rings. The first-order valence-electron chi connectivity index (χ1n) is 14.1. The maximum absolute atomic E-state index is 13.6. The van der Waals surface area contributed by atoms with Gasteiger partial charge in [0.15, 0.2) is 9.84 Å². The van der Waals surface area contributed by atoms with Gasteiger partial charge in [-0.25, -0.2) is 13.4 Å². The van der Waals surface area contributed by atoms with Gasteiger partial charge in [-0.1, -0.05) is 25.3 Å². The fourth-order valence-corrected chi connectivity index (χ4v) is 8.29. The lowest BCUT2D eigenvalue weighted by Crippen LogP contribution is -2.44. The SMILES string of the molecule is O=C(Nc1cccc(S(=O)(=O)C2CCCC2)c1)c1ccc(NC2(CO)CC2)nc1N1CCC2(CCC2)CC1. The van der Waals surface area contributed by atoms with E-state index in [0.29, 0.717) is 41.1 Å². The van der Waals surface area contributed by atoms with E-state index in [0.717, 1.165) is 51.6 Å². The average molecular weight is 539 g/mol. The van der Waals surface area contributed by atoms with Gasteiger partial charge in [-0.05, 0) is 87.1 Å². The zero-order valence-corrected chi connectivity index (χ0v) is 22.7. The number of piperidine rings is 1. The Hall–Kier alpha value is -2.65. The molecule has 2 heterocycles. The molecule has 38 heavy (non-hydrogen) atoms. The Morgan fingerprint density at radius 1 is 1.00 bits per heavy atom. The van der Waals surface area contributed by atoms with Gasteiger partial charge in [0, 0.05) is 18.8 Å². The number of aromatic nitrogens is 1. The first-order valence-corrected chi connectivity index (χ1v) is 15.7. The van der Waals surface area contributed by atoms with Crippen LogP contribution in [-0.2, 0) is 9.84 Å². The van der Waals surface area contributed by atoms with Crippen molar-refractivity contribution in [3.05, 3.63) is 42.0 Å². The number of hydrogen-bond acceptors (Lipinski definition) is 7. The molecule has 3 aliphatic carbocycles. The summed E-state index contributed by atoms with van der Waals surface area (Å²) >= 11 is 0. The van der Waals surface area contributed by atoms with Crippen molar-refractivity contribution in [2.45, 2.75) is 86.3 Å². The highest BCUT2D eigenvalue weighted by atomic mass is 32.2. The third-order valence-electron chi connectivity index (χ3n) is 9.37. The fourth-order valence-electron chi connectivity index (χ4n) is 6.39. The summed E-state index contributed by atoms with van der Waals surface area (Å²) in [5, 5.41) is 15.8. The largest absolute Gasteiger partial charge is 0.394 e. The fraction of sp³-hybridized carbons (Fsp3) is 0.586. The molecule has 0 bridgehead atoms. The van der Waals surface area contributed by atoms with Gasteiger partial charge < -0.3 is 20.6 Å². The number of anilines is 3. The summed E-state index contributed by atoms with van der Waals surface area (Å²) in [5.41, 5.74) is 1.09. The van der Waals surface area contributed by atoms with Gasteiger partial charge in [-0.2, -0.15) is 0 Å². The summed E-state index contributed by atoms with van der Waals surface area (Å²) in [6.45, 7) is 1.77. The van der Waals surface area contributed by atoms with E-state index in [2.05, 4.69) is 15.5 Å². The van der Waals surface area contributed by atoms with Crippen molar-refractivity contribution < 1.29 is 18.3 Å². The number of carbonyl (C=O) groups excluding carboxylic acids is 1. The summed E-state index contributed by atoms with van der Waals surface area (Å²) in [6, 6.07) is 10.2. The quantitative estimate of drug-likeness (QED) is 0.444. The standard InChI is InChI=1S/C29H38N4O4S/c34-20-29(13-14-29)32-25-10-9-24(26(31-25)33-17-15-28(16-18-33)11-4-12-28)27(35)30-21-5-3-8-23(19-21)38(36,37)22-6-1-2-7-22/h3,5,8-10,19,22,34H,1-2,4,6-7,11-18,20H2,(H,30,35)(H,31,32). The normalized spacial score (nSPS) is 22.2. The van der Waals surface area contributed by atoms with E-state index in [4.69, 9.17) is 4.98 Å². The Labute approximate surface area is 225 Å². The number of aliphatic hydroxyl groups is 1. The smallest absolute Gasteiger partial charge is 0.259 e. The van der Waals surface area contributed by atoms with Crippen molar-refractivity contribution in [1.29, 1.82) is 0 Å². The van der Waals surface area contributed by atoms with Crippen LogP contribution < -0.4 is 15.5 Å². The van der Waals surface area contributed by atoms with Crippen molar-refractivity contribution in [1.82, 2.24) is 4.98 Å². The zero-order valence-electron chi connectivity index (χ0n) is 21.9. The summed E-state index contributed by atoms with van der Waals surface area (Å²) in [4.78, 5) is 20.9. The Kier molecular flexibility index (Phi) is 6.63. The van der Waals surface area contributed by atoms with Crippen LogP contribution in [0.3, 0.4) is 0 Å². The molecule has 0 radical (unpaired) electrons. The topological polar surface area (TPSA) is 112 Å². The number of aliphatic hydroxyl groups excluding tert-OH is 1. The van der Waals surface area contributed by atoms with E-state index < -0.39 is 9.84 Å². The number of hydrogen-bond donors (Lipinski definition) is 3. The number of benzene rings is 1. The highest BCUT2D eigenvalue weighted by Crippen LogP contribution is 2.49. The molecule has 4 fully saturated rings. The monoisotopic (exact) mass is 538 g/mol. The first kappa shape index (κ1) is 25.6. The zero-order chi connectivity index (χ0) is 26.4. The van der Waals surface area contributed by atoms with Gasteiger partial charge in [0.1, 0.15) is 11.6 Å². The number of rotatable bonds is 8. The minimum atomic E-state index is -3.42. The molecule has 3 saturated carbocycles. The van der Waals surface area contributed by atoms with E-state index >= 15 is 0 Å². The molecule has 1 aromatic heterocycles. The number of carbonyl (C=O) groups is 1. The second-order valence-corrected chi connectivity index (χ2v) is 14.1. The third-order valence-corrected chi connectivity index (χ3v) is 11.6. The van der Waals surface area contributed by atoms with E-state index in [9.17, 15) is 18.3 Å². The van der Waals surface area contributed by atoms with Crippen LogP contribution in [0.2, 0.25) is 0 Å². The Morgan fingerprint density at radius 3 is 2.37 bits per heavy atom. The molecule has 1 spiro atoms. The predicted molar refractivity (Wildman–Crippen MR) is 148 cm³/mol. The molecular formula is C29H38N4O4S. The predicted octanol–water partition coefficient (Wildman–Crippen LogP) is 4.76. The lowest BCUT2D eigenvalue weighted by atomic mass is 9.63. The Morgan fingerprint density at radius 2 is 1.74 bits per heavy atom. The average Bonchev–Trinajstić information content (AvgIpc) is 3.44. The minimum Gasteiger partial charge on any atom is -0.394 e. The molecule has 6 rings (SSSR count). The van der Waals surface area contributed by atoms with E-state index in [1.807, 2.05) is 0 Å². The van der Waals surface area contributed by atoms with Crippen LogP contribution in [-0.4, -0.2) is 54.9 Å². The Balaban J connectivity index is 1.25. The number of sulfone groups is 1. The summed E-state index contributed by atoms with van der Waals surface area (Å²) < 4.78 is 26.2. The molecule has 1 saturated heterocycles. The van der Waals surface area contributed by atoms with Gasteiger partial charge >= 0.3 is 0 Å². The van der Waals surface area contributed by atoms with Crippen LogP contribution in [0, 0.1) is 5.41 Å². The molecule has 0 unspecified atom stereocenters. The lowest BCUT2D eigenvalue weighted by Gasteiger charge is -2.48. The molecule has 3 N–H and O–H groups in total. The van der Waals surface area contributed by atoms with Crippen molar-refractivity contribution in [2.24, 2.45) is 5.41 Å². The molecule has 0 atom stereocenters.